The van der Waals surface area contributed by atoms with Gasteiger partial charge in [-0.2, -0.15) is 0 Å². The zero-order chi connectivity index (χ0) is 14.0. The molecule has 1 atom stereocenters. The van der Waals surface area contributed by atoms with Crippen LogP contribution in [0.4, 0.5) is 0 Å². The summed E-state index contributed by atoms with van der Waals surface area (Å²) < 4.78 is 0. The Kier molecular flexibility index (Phi) is 4.70. The first-order valence-electron chi connectivity index (χ1n) is 6.44. The second kappa shape index (κ2) is 6.11. The summed E-state index contributed by atoms with van der Waals surface area (Å²) in [5, 5.41) is 0.835. The van der Waals surface area contributed by atoms with Crippen LogP contribution in [0.15, 0.2) is 36.4 Å². The van der Waals surface area contributed by atoms with Crippen molar-refractivity contribution >= 4 is 27.5 Å². The Morgan fingerprint density at radius 3 is 2.47 bits per heavy atom. The average Bonchev–Trinajstić information content (AvgIpc) is 2.37. The minimum Gasteiger partial charge on any atom is -0.0840 e. The molecule has 2 rings (SSSR count). The largest absolute Gasteiger partial charge is 0.0840 e. The Morgan fingerprint density at radius 1 is 1.05 bits per heavy atom. The third kappa shape index (κ3) is 3.40. The number of aryl methyl sites for hydroxylation is 2. The van der Waals surface area contributed by atoms with E-state index in [1.165, 1.54) is 22.3 Å². The van der Waals surface area contributed by atoms with Gasteiger partial charge in [-0.3, -0.25) is 0 Å². The Bertz CT molecular complexity index is 590. The van der Waals surface area contributed by atoms with Crippen molar-refractivity contribution in [2.24, 2.45) is 0 Å². The summed E-state index contributed by atoms with van der Waals surface area (Å²) in [5.74, 6) is 0. The molecule has 0 saturated heterocycles. The lowest BCUT2D eigenvalue weighted by molar-refractivity contribution is 0.935. The molecular weight excluding hydrogens is 320 g/mol. The lowest BCUT2D eigenvalue weighted by Gasteiger charge is -2.15. The number of hydrogen-bond donors (Lipinski definition) is 0. The molecule has 0 aliphatic carbocycles. The van der Waals surface area contributed by atoms with Crippen LogP contribution in [0.2, 0.25) is 5.02 Å². The molecule has 19 heavy (non-hydrogen) atoms. The summed E-state index contributed by atoms with van der Waals surface area (Å²) in [6, 6.07) is 12.8. The van der Waals surface area contributed by atoms with E-state index in [1.807, 2.05) is 12.1 Å². The normalized spacial score (nSPS) is 12.5. The van der Waals surface area contributed by atoms with Gasteiger partial charge in [0.25, 0.3) is 0 Å². The molecule has 0 aliphatic rings. The van der Waals surface area contributed by atoms with Gasteiger partial charge in [-0.1, -0.05) is 57.9 Å². The van der Waals surface area contributed by atoms with Gasteiger partial charge in [0, 0.05) is 9.85 Å². The fourth-order valence-electron chi connectivity index (χ4n) is 2.21. The van der Waals surface area contributed by atoms with Gasteiger partial charge in [0.2, 0.25) is 0 Å². The van der Waals surface area contributed by atoms with E-state index in [0.717, 1.165) is 17.0 Å². The first-order valence-corrected chi connectivity index (χ1v) is 7.73. The van der Waals surface area contributed by atoms with Crippen molar-refractivity contribution in [3.05, 3.63) is 69.2 Å². The van der Waals surface area contributed by atoms with Gasteiger partial charge in [-0.15, -0.1) is 0 Å². The number of hydrogen-bond acceptors (Lipinski definition) is 0. The first-order chi connectivity index (χ1) is 8.99. The molecule has 1 unspecified atom stereocenters. The van der Waals surface area contributed by atoms with E-state index in [0.29, 0.717) is 4.83 Å². The Labute approximate surface area is 128 Å². The monoisotopic (exact) mass is 336 g/mol. The minimum atomic E-state index is 0.299. The number of alkyl halides is 1. The van der Waals surface area contributed by atoms with Gasteiger partial charge in [-0.25, -0.2) is 0 Å². The maximum absolute atomic E-state index is 6.19. The van der Waals surface area contributed by atoms with Crippen LogP contribution in [0.1, 0.15) is 32.6 Å². The molecule has 2 heteroatoms. The standard InChI is InChI=1S/C17H18BrCl/c1-11-7-8-14(9-12(11)2)10-16(18)15-5-4-6-17(19)13(15)3/h4-9,16H,10H2,1-3H3. The Balaban J connectivity index is 2.23. The first kappa shape index (κ1) is 14.6. The minimum absolute atomic E-state index is 0.299. The molecule has 0 aliphatic heterocycles. The van der Waals surface area contributed by atoms with Crippen LogP contribution in [0.5, 0.6) is 0 Å². The molecule has 0 fully saturated rings. The Hall–Kier alpha value is -0.790. The van der Waals surface area contributed by atoms with E-state index in [9.17, 15) is 0 Å². The maximum Gasteiger partial charge on any atom is 0.0438 e. The van der Waals surface area contributed by atoms with Gasteiger partial charge in [0.15, 0.2) is 0 Å². The van der Waals surface area contributed by atoms with Crippen LogP contribution in [-0.4, -0.2) is 0 Å². The van der Waals surface area contributed by atoms with Crippen molar-refractivity contribution in [1.82, 2.24) is 0 Å². The third-order valence-electron chi connectivity index (χ3n) is 3.63. The highest BCUT2D eigenvalue weighted by atomic mass is 79.9. The van der Waals surface area contributed by atoms with Crippen molar-refractivity contribution < 1.29 is 0 Å². The van der Waals surface area contributed by atoms with Crippen molar-refractivity contribution in [3.63, 3.8) is 0 Å². The smallest absolute Gasteiger partial charge is 0.0438 e. The molecule has 2 aromatic carbocycles. The van der Waals surface area contributed by atoms with Gasteiger partial charge in [0.1, 0.15) is 0 Å². The molecule has 0 bridgehead atoms. The molecule has 0 spiro atoms. The molecule has 0 amide bonds. The summed E-state index contributed by atoms with van der Waals surface area (Å²) >= 11 is 9.98. The SMILES string of the molecule is Cc1ccc(CC(Br)c2cccc(Cl)c2C)cc1C. The number of halogens is 2. The van der Waals surface area contributed by atoms with E-state index >= 15 is 0 Å². The van der Waals surface area contributed by atoms with Crippen molar-refractivity contribution in [2.45, 2.75) is 32.0 Å². The van der Waals surface area contributed by atoms with E-state index < -0.39 is 0 Å². The lowest BCUT2D eigenvalue weighted by Crippen LogP contribution is -1.99. The highest BCUT2D eigenvalue weighted by molar-refractivity contribution is 9.09. The molecule has 100 valence electrons. The second-order valence-corrected chi connectivity index (χ2v) is 6.56. The maximum atomic E-state index is 6.19. The van der Waals surface area contributed by atoms with Gasteiger partial charge < -0.3 is 0 Å². The van der Waals surface area contributed by atoms with E-state index in [2.05, 4.69) is 61.0 Å². The van der Waals surface area contributed by atoms with Crippen LogP contribution in [0.3, 0.4) is 0 Å². The van der Waals surface area contributed by atoms with Crippen LogP contribution < -0.4 is 0 Å². The molecule has 0 heterocycles. The highest BCUT2D eigenvalue weighted by Crippen LogP contribution is 2.32. The molecule has 0 nitrogen and oxygen atoms in total. The summed E-state index contributed by atoms with van der Waals surface area (Å²) in [4.78, 5) is 0.299. The van der Waals surface area contributed by atoms with E-state index in [4.69, 9.17) is 11.6 Å². The molecule has 0 N–H and O–H groups in total. The van der Waals surface area contributed by atoms with Crippen LogP contribution in [0, 0.1) is 20.8 Å². The molecule has 0 aromatic heterocycles. The van der Waals surface area contributed by atoms with Crippen LogP contribution in [-0.2, 0) is 6.42 Å². The van der Waals surface area contributed by atoms with Crippen molar-refractivity contribution in [2.75, 3.05) is 0 Å². The zero-order valence-corrected chi connectivity index (χ0v) is 13.8. The molecule has 2 aromatic rings. The summed E-state index contributed by atoms with van der Waals surface area (Å²) in [7, 11) is 0. The quantitative estimate of drug-likeness (QED) is 0.608. The average molecular weight is 338 g/mol. The predicted octanol–water partition coefficient (Wildman–Crippen LogP) is 5.94. The van der Waals surface area contributed by atoms with Crippen molar-refractivity contribution in [3.8, 4) is 0 Å². The predicted molar refractivity (Wildman–Crippen MR) is 87.5 cm³/mol. The fourth-order valence-corrected chi connectivity index (χ4v) is 3.26. The Morgan fingerprint density at radius 2 is 1.79 bits per heavy atom. The lowest BCUT2D eigenvalue weighted by atomic mass is 9.98. The fraction of sp³-hybridized carbons (Fsp3) is 0.294. The van der Waals surface area contributed by atoms with Crippen LogP contribution in [0.25, 0.3) is 0 Å². The molecule has 0 saturated carbocycles. The molecule has 0 radical (unpaired) electrons. The van der Waals surface area contributed by atoms with Crippen molar-refractivity contribution in [1.29, 1.82) is 0 Å². The highest BCUT2D eigenvalue weighted by Gasteiger charge is 2.13. The number of rotatable bonds is 3. The van der Waals surface area contributed by atoms with Gasteiger partial charge in [0.05, 0.1) is 0 Å². The van der Waals surface area contributed by atoms with Gasteiger partial charge in [-0.05, 0) is 61.1 Å². The van der Waals surface area contributed by atoms with E-state index in [-0.39, 0.29) is 0 Å². The summed E-state index contributed by atoms with van der Waals surface area (Å²) in [6.07, 6.45) is 0.975. The number of benzene rings is 2. The van der Waals surface area contributed by atoms with Crippen LogP contribution >= 0.6 is 27.5 Å². The van der Waals surface area contributed by atoms with E-state index in [1.54, 1.807) is 0 Å². The zero-order valence-electron chi connectivity index (χ0n) is 11.5. The third-order valence-corrected chi connectivity index (χ3v) is 4.86. The summed E-state index contributed by atoms with van der Waals surface area (Å²) in [5.41, 5.74) is 6.47. The van der Waals surface area contributed by atoms with Gasteiger partial charge >= 0.3 is 0 Å². The molecular formula is C17H18BrCl. The topological polar surface area (TPSA) is 0 Å². The summed E-state index contributed by atoms with van der Waals surface area (Å²) in [6.45, 7) is 6.38. The second-order valence-electron chi connectivity index (χ2n) is 5.04.